The van der Waals surface area contributed by atoms with Gasteiger partial charge in [0.25, 0.3) is 0 Å². The standard InChI is InChI=1S/C17H26N4O/c1-4-20(15-12(2)6-5-7-13(15)3)17(22)21(16(18)19)11-10-14-8-9-14/h5-7,14H,4,8-11H2,1-3H3,(H3,18,19). The first-order valence-electron chi connectivity index (χ1n) is 7.95. The van der Waals surface area contributed by atoms with Crippen molar-refractivity contribution in [2.45, 2.75) is 40.0 Å². The molecule has 0 atom stereocenters. The van der Waals surface area contributed by atoms with Crippen LogP contribution in [0, 0.1) is 25.2 Å². The maximum Gasteiger partial charge on any atom is 0.331 e. The SMILES string of the molecule is CCN(C(=O)N(CCC1CC1)C(=N)N)c1c(C)cccc1C. The van der Waals surface area contributed by atoms with Crippen molar-refractivity contribution in [1.82, 2.24) is 4.90 Å². The van der Waals surface area contributed by atoms with Gasteiger partial charge in [-0.1, -0.05) is 31.0 Å². The molecule has 0 radical (unpaired) electrons. The fourth-order valence-corrected chi connectivity index (χ4v) is 2.80. The molecule has 1 aromatic carbocycles. The van der Waals surface area contributed by atoms with E-state index >= 15 is 0 Å². The van der Waals surface area contributed by atoms with Gasteiger partial charge in [0.15, 0.2) is 5.96 Å². The molecular formula is C17H26N4O. The van der Waals surface area contributed by atoms with Crippen molar-refractivity contribution < 1.29 is 4.79 Å². The van der Waals surface area contributed by atoms with E-state index in [-0.39, 0.29) is 12.0 Å². The summed E-state index contributed by atoms with van der Waals surface area (Å²) in [5, 5.41) is 7.74. The second-order valence-corrected chi connectivity index (χ2v) is 6.04. The first-order valence-corrected chi connectivity index (χ1v) is 7.95. The summed E-state index contributed by atoms with van der Waals surface area (Å²) < 4.78 is 0. The molecule has 0 unspecified atom stereocenters. The normalized spacial score (nSPS) is 13.8. The van der Waals surface area contributed by atoms with Gasteiger partial charge < -0.3 is 5.73 Å². The fourth-order valence-electron chi connectivity index (χ4n) is 2.80. The van der Waals surface area contributed by atoms with E-state index in [2.05, 4.69) is 0 Å². The minimum atomic E-state index is -0.201. The monoisotopic (exact) mass is 302 g/mol. The predicted octanol–water partition coefficient (Wildman–Crippen LogP) is 3.25. The summed E-state index contributed by atoms with van der Waals surface area (Å²) in [5.74, 6) is 0.528. The van der Waals surface area contributed by atoms with E-state index < -0.39 is 0 Å². The number of urea groups is 1. The first kappa shape index (κ1) is 16.3. The highest BCUT2D eigenvalue weighted by Gasteiger charge is 2.28. The van der Waals surface area contributed by atoms with Gasteiger partial charge in [-0.3, -0.25) is 15.2 Å². The van der Waals surface area contributed by atoms with E-state index in [0.29, 0.717) is 19.0 Å². The maximum atomic E-state index is 12.9. The number of nitrogens with two attached hydrogens (primary N) is 1. The van der Waals surface area contributed by atoms with Gasteiger partial charge in [0.1, 0.15) is 0 Å². The molecule has 2 rings (SSSR count). The molecule has 1 aliphatic rings. The van der Waals surface area contributed by atoms with Crippen LogP contribution in [0.2, 0.25) is 0 Å². The lowest BCUT2D eigenvalue weighted by molar-refractivity contribution is 0.225. The van der Waals surface area contributed by atoms with Crippen LogP contribution >= 0.6 is 0 Å². The number of nitrogens with zero attached hydrogens (tertiary/aromatic N) is 2. The average Bonchev–Trinajstić information content (AvgIpc) is 3.26. The minimum Gasteiger partial charge on any atom is -0.370 e. The van der Waals surface area contributed by atoms with Crippen LogP contribution in [0.25, 0.3) is 0 Å². The molecule has 3 N–H and O–H groups in total. The van der Waals surface area contributed by atoms with Crippen molar-refractivity contribution in [3.05, 3.63) is 29.3 Å². The molecule has 1 saturated carbocycles. The largest absolute Gasteiger partial charge is 0.370 e. The zero-order valence-electron chi connectivity index (χ0n) is 13.7. The molecule has 0 heterocycles. The zero-order chi connectivity index (χ0) is 16.3. The van der Waals surface area contributed by atoms with Crippen molar-refractivity contribution in [2.75, 3.05) is 18.0 Å². The molecule has 5 heteroatoms. The average molecular weight is 302 g/mol. The third-order valence-corrected chi connectivity index (χ3v) is 4.24. The van der Waals surface area contributed by atoms with E-state index in [1.165, 1.54) is 17.7 Å². The number of para-hydroxylation sites is 1. The molecule has 1 fully saturated rings. The number of aryl methyl sites for hydroxylation is 2. The number of benzene rings is 1. The molecule has 0 saturated heterocycles. The Labute approximate surface area is 132 Å². The number of carbonyl (C=O) groups is 1. The molecule has 120 valence electrons. The summed E-state index contributed by atoms with van der Waals surface area (Å²) in [5.41, 5.74) is 8.69. The number of anilines is 1. The Hall–Kier alpha value is -2.04. The third kappa shape index (κ3) is 3.59. The maximum absolute atomic E-state index is 12.9. The molecule has 0 aromatic heterocycles. The zero-order valence-corrected chi connectivity index (χ0v) is 13.7. The van der Waals surface area contributed by atoms with Gasteiger partial charge in [-0.15, -0.1) is 0 Å². The Bertz CT molecular complexity index is 546. The number of nitrogens with one attached hydrogen (secondary N) is 1. The van der Waals surface area contributed by atoms with Gasteiger partial charge in [0.05, 0.1) is 5.69 Å². The Morgan fingerprint density at radius 3 is 2.36 bits per heavy atom. The van der Waals surface area contributed by atoms with Crippen molar-refractivity contribution in [2.24, 2.45) is 11.7 Å². The highest BCUT2D eigenvalue weighted by Crippen LogP contribution is 2.32. The lowest BCUT2D eigenvalue weighted by atomic mass is 10.1. The van der Waals surface area contributed by atoms with Crippen LogP contribution in [0.1, 0.15) is 37.3 Å². The summed E-state index contributed by atoms with van der Waals surface area (Å²) >= 11 is 0. The number of guanidine groups is 1. The summed E-state index contributed by atoms with van der Waals surface area (Å²) in [6.45, 7) is 7.03. The summed E-state index contributed by atoms with van der Waals surface area (Å²) in [4.78, 5) is 16.0. The van der Waals surface area contributed by atoms with Crippen LogP contribution in [0.4, 0.5) is 10.5 Å². The summed E-state index contributed by atoms with van der Waals surface area (Å²) in [7, 11) is 0. The number of rotatable bonds is 5. The number of amides is 2. The van der Waals surface area contributed by atoms with Gasteiger partial charge in [0.2, 0.25) is 0 Å². The Kier molecular flexibility index (Phi) is 5.06. The van der Waals surface area contributed by atoms with Crippen molar-refractivity contribution >= 4 is 17.7 Å². The molecule has 0 spiro atoms. The molecule has 22 heavy (non-hydrogen) atoms. The Morgan fingerprint density at radius 1 is 1.32 bits per heavy atom. The Morgan fingerprint density at radius 2 is 1.91 bits per heavy atom. The van der Waals surface area contributed by atoms with Gasteiger partial charge in [0, 0.05) is 13.1 Å². The van der Waals surface area contributed by atoms with Gasteiger partial charge in [-0.25, -0.2) is 4.79 Å². The van der Waals surface area contributed by atoms with E-state index in [9.17, 15) is 4.79 Å². The Balaban J connectivity index is 2.23. The summed E-state index contributed by atoms with van der Waals surface area (Å²) in [6.07, 6.45) is 3.39. The first-order chi connectivity index (χ1) is 10.5. The second kappa shape index (κ2) is 6.81. The highest BCUT2D eigenvalue weighted by molar-refractivity contribution is 6.03. The molecule has 1 aromatic rings. The van der Waals surface area contributed by atoms with Crippen molar-refractivity contribution in [3.63, 3.8) is 0 Å². The number of hydrogen-bond acceptors (Lipinski definition) is 2. The smallest absolute Gasteiger partial charge is 0.331 e. The van der Waals surface area contributed by atoms with Crippen LogP contribution in [0.3, 0.4) is 0 Å². The van der Waals surface area contributed by atoms with E-state index in [0.717, 1.165) is 23.2 Å². The minimum absolute atomic E-state index is 0.171. The van der Waals surface area contributed by atoms with Crippen LogP contribution < -0.4 is 10.6 Å². The van der Waals surface area contributed by atoms with Crippen molar-refractivity contribution in [3.8, 4) is 0 Å². The molecule has 5 nitrogen and oxygen atoms in total. The third-order valence-electron chi connectivity index (χ3n) is 4.24. The lowest BCUT2D eigenvalue weighted by Gasteiger charge is -2.31. The lowest BCUT2D eigenvalue weighted by Crippen LogP contribution is -2.49. The molecule has 2 amide bonds. The van der Waals surface area contributed by atoms with Crippen LogP contribution in [0.5, 0.6) is 0 Å². The quantitative estimate of drug-likeness (QED) is 0.647. The molecule has 0 bridgehead atoms. The van der Waals surface area contributed by atoms with Gasteiger partial charge in [-0.2, -0.15) is 0 Å². The highest BCUT2D eigenvalue weighted by atomic mass is 16.2. The van der Waals surface area contributed by atoms with E-state index in [1.54, 1.807) is 4.90 Å². The summed E-state index contributed by atoms with van der Waals surface area (Å²) in [6, 6.07) is 5.79. The van der Waals surface area contributed by atoms with E-state index in [1.807, 2.05) is 39.0 Å². The van der Waals surface area contributed by atoms with Gasteiger partial charge in [-0.05, 0) is 44.2 Å². The van der Waals surface area contributed by atoms with Crippen LogP contribution in [-0.2, 0) is 0 Å². The predicted molar refractivity (Wildman–Crippen MR) is 90.3 cm³/mol. The van der Waals surface area contributed by atoms with Gasteiger partial charge >= 0.3 is 6.03 Å². The molecule has 0 aliphatic heterocycles. The molecular weight excluding hydrogens is 276 g/mol. The van der Waals surface area contributed by atoms with E-state index in [4.69, 9.17) is 11.1 Å². The van der Waals surface area contributed by atoms with Crippen LogP contribution in [-0.4, -0.2) is 30.0 Å². The topological polar surface area (TPSA) is 73.4 Å². The molecule has 1 aliphatic carbocycles. The second-order valence-electron chi connectivity index (χ2n) is 6.04. The number of carbonyl (C=O) groups excluding carboxylic acids is 1. The van der Waals surface area contributed by atoms with Crippen LogP contribution in [0.15, 0.2) is 18.2 Å². The van der Waals surface area contributed by atoms with Crippen molar-refractivity contribution in [1.29, 1.82) is 5.41 Å². The number of hydrogen-bond donors (Lipinski definition) is 2. The fraction of sp³-hybridized carbons (Fsp3) is 0.529.